The molecule has 0 saturated carbocycles. The summed E-state index contributed by atoms with van der Waals surface area (Å²) in [6.07, 6.45) is 0. The third kappa shape index (κ3) is 3.65. The molecule has 7 nitrogen and oxygen atoms in total. The first kappa shape index (κ1) is 18.9. The Morgan fingerprint density at radius 2 is 2.19 bits per heavy atom. The maximum absolute atomic E-state index is 12.9. The van der Waals surface area contributed by atoms with Gasteiger partial charge < -0.3 is 25.0 Å². The Morgan fingerprint density at radius 1 is 1.46 bits per heavy atom. The number of ether oxygens (including phenoxy) is 2. The second kappa shape index (κ2) is 7.81. The van der Waals surface area contributed by atoms with Gasteiger partial charge in [0.15, 0.2) is 5.11 Å². The third-order valence-corrected chi connectivity index (χ3v) is 5.79. The predicted molar refractivity (Wildman–Crippen MR) is 103 cm³/mol. The van der Waals surface area contributed by atoms with Crippen LogP contribution in [0.5, 0.6) is 0 Å². The summed E-state index contributed by atoms with van der Waals surface area (Å²) in [7, 11) is 0. The van der Waals surface area contributed by atoms with Crippen molar-refractivity contribution in [1.82, 2.24) is 10.2 Å². The highest BCUT2D eigenvalue weighted by molar-refractivity contribution is 8.02. The summed E-state index contributed by atoms with van der Waals surface area (Å²) in [6, 6.07) is 5.65. The lowest BCUT2D eigenvalue weighted by molar-refractivity contribution is -0.149. The molecule has 9 heteroatoms. The number of nitrogens with one attached hydrogen (secondary N) is 2. The number of fused-ring (bicyclic) bond motifs is 1. The van der Waals surface area contributed by atoms with E-state index in [1.54, 1.807) is 6.92 Å². The largest absolute Gasteiger partial charge is 0.463 e. The van der Waals surface area contributed by atoms with E-state index in [9.17, 15) is 9.59 Å². The van der Waals surface area contributed by atoms with Crippen LogP contribution in [0.2, 0.25) is 0 Å². The number of hydrogen-bond acceptors (Lipinski definition) is 6. The van der Waals surface area contributed by atoms with Crippen molar-refractivity contribution in [3.05, 3.63) is 23.8 Å². The number of hydrogen-bond donors (Lipinski definition) is 2. The monoisotopic (exact) mass is 395 g/mol. The van der Waals surface area contributed by atoms with E-state index in [-0.39, 0.29) is 6.61 Å². The fraction of sp³-hybridized carbons (Fsp3) is 0.471. The minimum Gasteiger partial charge on any atom is -0.463 e. The van der Waals surface area contributed by atoms with E-state index in [2.05, 4.69) is 10.6 Å². The van der Waals surface area contributed by atoms with Crippen molar-refractivity contribution >= 4 is 46.7 Å². The second-order valence-electron chi connectivity index (χ2n) is 5.99. The van der Waals surface area contributed by atoms with Gasteiger partial charge in [-0.05, 0) is 43.8 Å². The number of aryl methyl sites for hydroxylation is 1. The molecule has 3 rings (SSSR count). The van der Waals surface area contributed by atoms with Crippen molar-refractivity contribution in [2.75, 3.05) is 38.2 Å². The van der Waals surface area contributed by atoms with Gasteiger partial charge in [-0.3, -0.25) is 4.79 Å². The number of carbonyl (C=O) groups excluding carboxylic acids is 2. The SMILES string of the molecule is CCOC(=O)[C@@]1(NC(=S)N2CCOCC2)Sc2cc(C)ccc2NC1=O. The van der Waals surface area contributed by atoms with Gasteiger partial charge in [0.2, 0.25) is 0 Å². The Hall–Kier alpha value is -1.84. The van der Waals surface area contributed by atoms with Gasteiger partial charge in [-0.2, -0.15) is 0 Å². The lowest BCUT2D eigenvalue weighted by Gasteiger charge is -2.38. The summed E-state index contributed by atoms with van der Waals surface area (Å²) < 4.78 is 10.5. The molecule has 1 aromatic carbocycles. The van der Waals surface area contributed by atoms with E-state index in [4.69, 9.17) is 21.7 Å². The van der Waals surface area contributed by atoms with E-state index < -0.39 is 16.7 Å². The van der Waals surface area contributed by atoms with Gasteiger partial charge in [-0.25, -0.2) is 4.79 Å². The van der Waals surface area contributed by atoms with Crippen LogP contribution in [0.25, 0.3) is 0 Å². The van der Waals surface area contributed by atoms with Gasteiger partial charge in [0.25, 0.3) is 10.8 Å². The van der Waals surface area contributed by atoms with Crippen LogP contribution in [0.1, 0.15) is 12.5 Å². The number of amides is 1. The Bertz CT molecular complexity index is 737. The van der Waals surface area contributed by atoms with E-state index >= 15 is 0 Å². The smallest absolute Gasteiger partial charge is 0.353 e. The van der Waals surface area contributed by atoms with E-state index in [0.717, 1.165) is 22.2 Å². The van der Waals surface area contributed by atoms with Crippen LogP contribution in [0, 0.1) is 6.92 Å². The summed E-state index contributed by atoms with van der Waals surface area (Å²) in [6.45, 7) is 6.14. The van der Waals surface area contributed by atoms with E-state index in [1.165, 1.54) is 0 Å². The van der Waals surface area contributed by atoms with E-state index in [0.29, 0.717) is 37.1 Å². The molecule has 0 radical (unpaired) electrons. The van der Waals surface area contributed by atoms with Crippen LogP contribution in [-0.2, 0) is 19.1 Å². The number of carbonyl (C=O) groups is 2. The first-order valence-corrected chi connectivity index (χ1v) is 9.62. The Morgan fingerprint density at radius 3 is 2.88 bits per heavy atom. The van der Waals surface area contributed by atoms with Crippen LogP contribution in [0.15, 0.2) is 23.1 Å². The molecule has 0 bridgehead atoms. The predicted octanol–water partition coefficient (Wildman–Crippen LogP) is 1.51. The van der Waals surface area contributed by atoms with Crippen LogP contribution >= 0.6 is 24.0 Å². The van der Waals surface area contributed by atoms with E-state index in [1.807, 2.05) is 30.0 Å². The first-order valence-electron chi connectivity index (χ1n) is 8.39. The van der Waals surface area contributed by atoms with Gasteiger partial charge in [0.1, 0.15) is 0 Å². The van der Waals surface area contributed by atoms with Crippen LogP contribution < -0.4 is 10.6 Å². The molecular formula is C17H21N3O4S2. The maximum Gasteiger partial charge on any atom is 0.353 e. The number of morpholine rings is 1. The summed E-state index contributed by atoms with van der Waals surface area (Å²) in [4.78, 5) is 26.7. The summed E-state index contributed by atoms with van der Waals surface area (Å²) in [5.74, 6) is -1.15. The van der Waals surface area contributed by atoms with Crippen molar-refractivity contribution < 1.29 is 19.1 Å². The van der Waals surface area contributed by atoms with Crippen LogP contribution in [-0.4, -0.2) is 59.7 Å². The topological polar surface area (TPSA) is 79.9 Å². The van der Waals surface area contributed by atoms with Crippen LogP contribution in [0.4, 0.5) is 5.69 Å². The van der Waals surface area contributed by atoms with Crippen molar-refractivity contribution in [2.45, 2.75) is 23.6 Å². The van der Waals surface area contributed by atoms with Gasteiger partial charge >= 0.3 is 5.97 Å². The molecule has 1 amide bonds. The molecule has 0 aliphatic carbocycles. The molecule has 1 aromatic rings. The average molecular weight is 396 g/mol. The highest BCUT2D eigenvalue weighted by Gasteiger charge is 2.53. The van der Waals surface area contributed by atoms with Crippen molar-refractivity contribution in [3.63, 3.8) is 0 Å². The molecule has 1 atom stereocenters. The summed E-state index contributed by atoms with van der Waals surface area (Å²) in [5.41, 5.74) is 1.70. The molecule has 2 aliphatic heterocycles. The number of nitrogens with zero attached hydrogens (tertiary/aromatic N) is 1. The Labute approximate surface area is 161 Å². The number of rotatable bonds is 3. The average Bonchev–Trinajstić information content (AvgIpc) is 2.63. The maximum atomic E-state index is 12.9. The third-order valence-electron chi connectivity index (χ3n) is 4.11. The minimum atomic E-state index is -1.66. The first-order chi connectivity index (χ1) is 12.5. The zero-order chi connectivity index (χ0) is 18.7. The molecule has 2 aliphatic rings. The highest BCUT2D eigenvalue weighted by Crippen LogP contribution is 2.42. The number of anilines is 1. The van der Waals surface area contributed by atoms with Crippen molar-refractivity contribution in [2.24, 2.45) is 0 Å². The van der Waals surface area contributed by atoms with Gasteiger partial charge in [0.05, 0.1) is 25.5 Å². The number of thiocarbonyl (C=S) groups is 1. The standard InChI is InChI=1S/C17H21N3O4S2/c1-3-24-15(22)17(19-16(25)20-6-8-23-9-7-20)14(21)18-12-5-4-11(2)10-13(12)26-17/h4-5,10H,3,6-9H2,1-2H3,(H,18,21)(H,19,25)/t17-/m0/s1. The quantitative estimate of drug-likeness (QED) is 0.453. The Kier molecular flexibility index (Phi) is 5.69. The molecule has 2 N–H and O–H groups in total. The van der Waals surface area contributed by atoms with Gasteiger partial charge in [0, 0.05) is 18.0 Å². The molecule has 2 heterocycles. The molecule has 26 heavy (non-hydrogen) atoms. The summed E-state index contributed by atoms with van der Waals surface area (Å²) in [5, 5.41) is 6.11. The molecular weight excluding hydrogens is 374 g/mol. The van der Waals surface area contributed by atoms with Gasteiger partial charge in [-0.1, -0.05) is 17.8 Å². The molecule has 0 spiro atoms. The number of esters is 1. The summed E-state index contributed by atoms with van der Waals surface area (Å²) >= 11 is 6.59. The van der Waals surface area contributed by atoms with Crippen molar-refractivity contribution in [1.29, 1.82) is 0 Å². The highest BCUT2D eigenvalue weighted by atomic mass is 32.2. The number of thioether (sulfide) groups is 1. The molecule has 0 unspecified atom stereocenters. The van der Waals surface area contributed by atoms with Gasteiger partial charge in [-0.15, -0.1) is 0 Å². The fourth-order valence-corrected chi connectivity index (χ4v) is 4.37. The molecule has 1 fully saturated rings. The lowest BCUT2D eigenvalue weighted by Crippen LogP contribution is -2.64. The zero-order valence-electron chi connectivity index (χ0n) is 14.7. The Balaban J connectivity index is 1.92. The normalized spacial score (nSPS) is 22.2. The lowest BCUT2D eigenvalue weighted by atomic mass is 10.2. The minimum absolute atomic E-state index is 0.168. The number of benzene rings is 1. The molecule has 1 saturated heterocycles. The fourth-order valence-electron chi connectivity index (χ4n) is 2.74. The molecule has 140 valence electrons. The van der Waals surface area contributed by atoms with Crippen molar-refractivity contribution in [3.8, 4) is 0 Å². The molecule has 0 aromatic heterocycles. The second-order valence-corrected chi connectivity index (χ2v) is 7.63. The van der Waals surface area contributed by atoms with Crippen LogP contribution in [0.3, 0.4) is 0 Å². The zero-order valence-corrected chi connectivity index (χ0v) is 16.3.